The van der Waals surface area contributed by atoms with Gasteiger partial charge < -0.3 is 9.47 Å². The molecule has 30 heavy (non-hydrogen) atoms. The molecule has 0 aromatic heterocycles. The van der Waals surface area contributed by atoms with E-state index in [9.17, 15) is 14.4 Å². The van der Waals surface area contributed by atoms with Gasteiger partial charge in [0.1, 0.15) is 12.2 Å². The van der Waals surface area contributed by atoms with Crippen LogP contribution in [0.1, 0.15) is 79.6 Å². The van der Waals surface area contributed by atoms with Crippen LogP contribution in [0.4, 0.5) is 0 Å². The summed E-state index contributed by atoms with van der Waals surface area (Å²) >= 11 is 0. The van der Waals surface area contributed by atoms with Crippen molar-refractivity contribution in [1.82, 2.24) is 0 Å². The van der Waals surface area contributed by atoms with Crippen LogP contribution in [0.3, 0.4) is 0 Å². The van der Waals surface area contributed by atoms with Crippen molar-refractivity contribution in [1.29, 1.82) is 0 Å². The summed E-state index contributed by atoms with van der Waals surface area (Å²) in [7, 11) is 0. The van der Waals surface area contributed by atoms with E-state index in [4.69, 9.17) is 9.47 Å². The zero-order valence-corrected chi connectivity index (χ0v) is 19.0. The number of carbonyl (C=O) groups excluding carboxylic acids is 3. The van der Waals surface area contributed by atoms with Gasteiger partial charge in [0, 0.05) is 26.2 Å². The van der Waals surface area contributed by atoms with Gasteiger partial charge in [-0.3, -0.25) is 14.4 Å². The number of esters is 2. The summed E-state index contributed by atoms with van der Waals surface area (Å²) in [5, 5.41) is 0. The molecule has 0 heterocycles. The second-order valence-electron chi connectivity index (χ2n) is 10.6. The lowest BCUT2D eigenvalue weighted by molar-refractivity contribution is -0.203. The minimum Gasteiger partial charge on any atom is -0.459 e. The first kappa shape index (κ1) is 21.6. The Morgan fingerprint density at radius 3 is 2.27 bits per heavy atom. The van der Waals surface area contributed by atoms with E-state index >= 15 is 0 Å². The van der Waals surface area contributed by atoms with Crippen molar-refractivity contribution in [3.8, 4) is 0 Å². The van der Waals surface area contributed by atoms with E-state index in [-0.39, 0.29) is 40.9 Å². The molecule has 4 rings (SSSR count). The third-order valence-electron chi connectivity index (χ3n) is 9.29. The molecule has 4 saturated carbocycles. The third-order valence-corrected chi connectivity index (χ3v) is 9.29. The monoisotopic (exact) mass is 416 g/mol. The van der Waals surface area contributed by atoms with Gasteiger partial charge in [0.15, 0.2) is 5.78 Å². The molecule has 5 heteroatoms. The predicted octanol–water partition coefficient (Wildman–Crippen LogP) is 4.63. The highest BCUT2D eigenvalue weighted by molar-refractivity contribution is 5.99. The van der Waals surface area contributed by atoms with Crippen LogP contribution < -0.4 is 0 Å². The van der Waals surface area contributed by atoms with Gasteiger partial charge in [-0.1, -0.05) is 19.9 Å². The van der Waals surface area contributed by atoms with Crippen molar-refractivity contribution in [3.05, 3.63) is 11.6 Å². The number of ether oxygens (including phenoxy) is 2. The molecule has 8 atom stereocenters. The van der Waals surface area contributed by atoms with Crippen molar-refractivity contribution in [3.63, 3.8) is 0 Å². The van der Waals surface area contributed by atoms with Gasteiger partial charge in [-0.05, 0) is 79.6 Å². The largest absolute Gasteiger partial charge is 0.459 e. The molecule has 0 N–H and O–H groups in total. The first-order valence-corrected chi connectivity index (χ1v) is 11.7. The molecule has 0 saturated heterocycles. The lowest BCUT2D eigenvalue weighted by Gasteiger charge is -2.61. The fraction of sp³-hybridized carbons (Fsp3) is 0.800. The molecule has 0 amide bonds. The predicted molar refractivity (Wildman–Crippen MR) is 112 cm³/mol. The topological polar surface area (TPSA) is 69.7 Å². The maximum atomic E-state index is 12.8. The molecule has 4 aliphatic carbocycles. The SMILES string of the molecule is C/C=C1\C(=O)C[C@@H]2[C@@H]3CC[C@H]4[C@@H](OC(C)=O)[C@@H](OC(C)=O)CC[C@]4(C)[C@@H]3CC[C@]12C. The standard InChI is InChI=1S/C25H36O5/c1-6-17-21(28)13-20-16-7-8-19-23(30-15(3)27)22(29-14(2)26)10-12-25(19,5)18(16)9-11-24(17,20)4/h6,16,18-20,22-23H,7-13H2,1-5H3/b17-6+/t16-,18-,19+,20-,22+,23-,24-,25-/m1/s1. The highest BCUT2D eigenvalue weighted by atomic mass is 16.6. The highest BCUT2D eigenvalue weighted by Gasteiger charge is 2.63. The molecule has 0 bridgehead atoms. The summed E-state index contributed by atoms with van der Waals surface area (Å²) in [5.41, 5.74) is 1.11. The zero-order chi connectivity index (χ0) is 21.8. The van der Waals surface area contributed by atoms with Crippen LogP contribution in [0.2, 0.25) is 0 Å². The molecule has 166 valence electrons. The van der Waals surface area contributed by atoms with E-state index in [0.29, 0.717) is 30.0 Å². The summed E-state index contributed by atoms with van der Waals surface area (Å²) in [6.07, 6.45) is 7.90. The number of hydrogen-bond donors (Lipinski definition) is 0. The Kier molecular flexibility index (Phi) is 5.39. The fourth-order valence-corrected chi connectivity index (χ4v) is 8.11. The van der Waals surface area contributed by atoms with Crippen LogP contribution in [-0.2, 0) is 23.9 Å². The van der Waals surface area contributed by atoms with Crippen molar-refractivity contribution in [2.24, 2.45) is 34.5 Å². The van der Waals surface area contributed by atoms with Gasteiger partial charge in [0.05, 0.1) is 0 Å². The number of hydrogen-bond acceptors (Lipinski definition) is 5. The maximum Gasteiger partial charge on any atom is 0.303 e. The Hall–Kier alpha value is -1.65. The average molecular weight is 417 g/mol. The zero-order valence-electron chi connectivity index (χ0n) is 19.0. The smallest absolute Gasteiger partial charge is 0.303 e. The number of allylic oxidation sites excluding steroid dienone is 2. The number of Topliss-reactive ketones (excluding diaryl/α,β-unsaturated/α-hetero) is 1. The van der Waals surface area contributed by atoms with E-state index < -0.39 is 0 Å². The summed E-state index contributed by atoms with van der Waals surface area (Å²) in [6.45, 7) is 9.54. The Balaban J connectivity index is 1.64. The fourth-order valence-electron chi connectivity index (χ4n) is 8.11. The summed E-state index contributed by atoms with van der Waals surface area (Å²) in [5.74, 6) is 1.40. The van der Waals surface area contributed by atoms with Gasteiger partial charge in [0.25, 0.3) is 0 Å². The van der Waals surface area contributed by atoms with E-state index in [2.05, 4.69) is 19.9 Å². The summed E-state index contributed by atoms with van der Waals surface area (Å²) in [4.78, 5) is 36.3. The molecule has 0 spiro atoms. The molecule has 0 aromatic carbocycles. The van der Waals surface area contributed by atoms with Crippen LogP contribution in [0.25, 0.3) is 0 Å². The van der Waals surface area contributed by atoms with Gasteiger partial charge in [-0.25, -0.2) is 0 Å². The number of fused-ring (bicyclic) bond motifs is 5. The van der Waals surface area contributed by atoms with Crippen LogP contribution in [0.5, 0.6) is 0 Å². The third kappa shape index (κ3) is 3.15. The van der Waals surface area contributed by atoms with Crippen molar-refractivity contribution >= 4 is 17.7 Å². The summed E-state index contributed by atoms with van der Waals surface area (Å²) < 4.78 is 11.4. The molecule has 0 unspecified atom stereocenters. The lowest BCUT2D eigenvalue weighted by atomic mass is 9.44. The number of carbonyl (C=O) groups is 3. The maximum absolute atomic E-state index is 12.8. The first-order valence-electron chi connectivity index (χ1n) is 11.7. The highest BCUT2D eigenvalue weighted by Crippen LogP contribution is 2.67. The lowest BCUT2D eigenvalue weighted by Crippen LogP contribution is -2.59. The molecular formula is C25H36O5. The summed E-state index contributed by atoms with van der Waals surface area (Å²) in [6, 6.07) is 0. The Morgan fingerprint density at radius 1 is 0.933 bits per heavy atom. The molecule has 0 radical (unpaired) electrons. The second-order valence-corrected chi connectivity index (χ2v) is 10.6. The molecule has 4 fully saturated rings. The van der Waals surface area contributed by atoms with Gasteiger partial charge in [-0.15, -0.1) is 0 Å². The number of ketones is 1. The van der Waals surface area contributed by atoms with Gasteiger partial charge >= 0.3 is 11.9 Å². The van der Waals surface area contributed by atoms with Crippen molar-refractivity contribution in [2.45, 2.75) is 91.8 Å². The Labute approximate surface area is 179 Å². The van der Waals surface area contributed by atoms with Crippen molar-refractivity contribution in [2.75, 3.05) is 0 Å². The molecule has 4 aliphatic rings. The van der Waals surface area contributed by atoms with Crippen LogP contribution in [-0.4, -0.2) is 29.9 Å². The first-order chi connectivity index (χ1) is 14.1. The van der Waals surface area contributed by atoms with Crippen LogP contribution >= 0.6 is 0 Å². The minimum absolute atomic E-state index is 0.0143. The Bertz CT molecular complexity index is 784. The number of rotatable bonds is 2. The molecular weight excluding hydrogens is 380 g/mol. The van der Waals surface area contributed by atoms with E-state index in [1.54, 1.807) is 0 Å². The van der Waals surface area contributed by atoms with Crippen LogP contribution in [0.15, 0.2) is 11.6 Å². The van der Waals surface area contributed by atoms with E-state index in [1.165, 1.54) is 13.8 Å². The normalized spacial score (nSPS) is 46.6. The molecule has 0 aliphatic heterocycles. The van der Waals surface area contributed by atoms with Gasteiger partial charge in [-0.2, -0.15) is 0 Å². The van der Waals surface area contributed by atoms with Crippen LogP contribution in [0, 0.1) is 34.5 Å². The van der Waals surface area contributed by atoms with Crippen molar-refractivity contribution < 1.29 is 23.9 Å². The average Bonchev–Trinajstić information content (AvgIpc) is 2.92. The quantitative estimate of drug-likeness (QED) is 0.485. The molecule has 0 aromatic rings. The van der Waals surface area contributed by atoms with E-state index in [1.807, 2.05) is 6.92 Å². The Morgan fingerprint density at radius 2 is 1.63 bits per heavy atom. The molecule has 5 nitrogen and oxygen atoms in total. The van der Waals surface area contributed by atoms with Gasteiger partial charge in [0.2, 0.25) is 0 Å². The van der Waals surface area contributed by atoms with E-state index in [0.717, 1.165) is 44.1 Å². The second kappa shape index (κ2) is 7.49. The minimum atomic E-state index is -0.365.